The van der Waals surface area contributed by atoms with Gasteiger partial charge in [-0.1, -0.05) is 0 Å². The highest BCUT2D eigenvalue weighted by Gasteiger charge is 2.14. The van der Waals surface area contributed by atoms with E-state index in [4.69, 9.17) is 11.6 Å². The van der Waals surface area contributed by atoms with E-state index >= 15 is 0 Å². The van der Waals surface area contributed by atoms with Crippen LogP contribution in [0.1, 0.15) is 6.92 Å². The van der Waals surface area contributed by atoms with Crippen molar-refractivity contribution < 1.29 is 18.4 Å². The maximum Gasteiger partial charge on any atom is 0.326 e. The van der Waals surface area contributed by atoms with Gasteiger partial charge in [0.25, 0.3) is 0 Å². The highest BCUT2D eigenvalue weighted by atomic mass is 35.5. The van der Waals surface area contributed by atoms with Crippen molar-refractivity contribution in [2.75, 3.05) is 5.32 Å². The number of carbonyl (C=O) groups is 2. The highest BCUT2D eigenvalue weighted by molar-refractivity contribution is 6.31. The van der Waals surface area contributed by atoms with Gasteiger partial charge < -0.3 is 5.32 Å². The van der Waals surface area contributed by atoms with Crippen molar-refractivity contribution in [3.8, 4) is 0 Å². The van der Waals surface area contributed by atoms with Crippen LogP contribution in [0.3, 0.4) is 0 Å². The molecule has 0 fully saturated rings. The van der Waals surface area contributed by atoms with E-state index in [1.165, 1.54) is 6.92 Å². The Kier molecular flexibility index (Phi) is 4.39. The van der Waals surface area contributed by atoms with Crippen LogP contribution in [-0.4, -0.2) is 17.3 Å². The lowest BCUT2D eigenvalue weighted by atomic mass is 10.3. The number of carbonyl (C=O) groups excluding carboxylic acids is 2. The van der Waals surface area contributed by atoms with Crippen molar-refractivity contribution in [3.63, 3.8) is 0 Å². The summed E-state index contributed by atoms with van der Waals surface area (Å²) in [6.07, 6.45) is 0. The number of amides is 3. The summed E-state index contributed by atoms with van der Waals surface area (Å²) in [6, 6.07) is 1.58. The zero-order valence-corrected chi connectivity index (χ0v) is 9.52. The van der Waals surface area contributed by atoms with Gasteiger partial charge in [-0.3, -0.25) is 10.1 Å². The second-order valence-electron chi connectivity index (χ2n) is 3.18. The van der Waals surface area contributed by atoms with E-state index in [1.54, 1.807) is 0 Å². The Morgan fingerprint density at radius 2 is 2.00 bits per heavy atom. The molecule has 0 saturated heterocycles. The van der Waals surface area contributed by atoms with Gasteiger partial charge in [0, 0.05) is 6.07 Å². The lowest BCUT2D eigenvalue weighted by molar-refractivity contribution is -0.119. The zero-order chi connectivity index (χ0) is 13.0. The fourth-order valence-corrected chi connectivity index (χ4v) is 1.01. The number of nitrogens with one attached hydrogen (secondary N) is 2. The Morgan fingerprint density at radius 1 is 1.35 bits per heavy atom. The first-order valence-corrected chi connectivity index (χ1v) is 5.04. The molecule has 2 N–H and O–H groups in total. The Bertz CT molecular complexity index is 452. The molecule has 0 aliphatic rings. The molecule has 1 aromatic rings. The van der Waals surface area contributed by atoms with Crippen LogP contribution in [0.4, 0.5) is 19.3 Å². The number of anilines is 1. The Labute approximate surface area is 101 Å². The van der Waals surface area contributed by atoms with Gasteiger partial charge in [-0.05, 0) is 19.1 Å². The molecule has 0 radical (unpaired) electrons. The number of imide groups is 1. The molecule has 1 aromatic carbocycles. The minimum absolute atomic E-state index is 0.363. The van der Waals surface area contributed by atoms with Crippen LogP contribution >= 0.6 is 11.6 Å². The summed E-state index contributed by atoms with van der Waals surface area (Å²) in [5.41, 5.74) is -0.363. The summed E-state index contributed by atoms with van der Waals surface area (Å²) >= 11 is 5.41. The average Bonchev–Trinajstić information content (AvgIpc) is 2.23. The molecule has 0 heterocycles. The average molecular weight is 263 g/mol. The van der Waals surface area contributed by atoms with Crippen molar-refractivity contribution in [3.05, 3.63) is 29.8 Å². The summed E-state index contributed by atoms with van der Waals surface area (Å²) in [4.78, 5) is 22.2. The maximum atomic E-state index is 13.1. The predicted octanol–water partition coefficient (Wildman–Crippen LogP) is 2.24. The first kappa shape index (κ1) is 13.4. The van der Waals surface area contributed by atoms with Gasteiger partial charge in [-0.2, -0.15) is 0 Å². The number of alkyl halides is 1. The molecular formula is C10H9ClF2N2O2. The number of urea groups is 1. The topological polar surface area (TPSA) is 58.2 Å². The number of halogens is 3. The van der Waals surface area contributed by atoms with Gasteiger partial charge >= 0.3 is 6.03 Å². The van der Waals surface area contributed by atoms with E-state index in [1.807, 2.05) is 10.6 Å². The minimum Gasteiger partial charge on any atom is -0.305 e. The van der Waals surface area contributed by atoms with Gasteiger partial charge in [0.1, 0.15) is 17.0 Å². The summed E-state index contributed by atoms with van der Waals surface area (Å²) in [5.74, 6) is -2.26. The van der Waals surface area contributed by atoms with E-state index in [0.717, 1.165) is 18.2 Å². The van der Waals surface area contributed by atoms with Gasteiger partial charge in [0.2, 0.25) is 5.91 Å². The summed E-state index contributed by atoms with van der Waals surface area (Å²) in [5, 5.41) is 2.95. The smallest absolute Gasteiger partial charge is 0.305 e. The Balaban J connectivity index is 2.68. The van der Waals surface area contributed by atoms with Gasteiger partial charge in [-0.25, -0.2) is 13.6 Å². The summed E-state index contributed by atoms with van der Waals surface area (Å²) < 4.78 is 25.9. The molecule has 0 bridgehead atoms. The first-order chi connectivity index (χ1) is 7.90. The van der Waals surface area contributed by atoms with Crippen LogP contribution < -0.4 is 10.6 Å². The molecule has 17 heavy (non-hydrogen) atoms. The zero-order valence-electron chi connectivity index (χ0n) is 8.76. The van der Waals surface area contributed by atoms with E-state index in [-0.39, 0.29) is 5.69 Å². The van der Waals surface area contributed by atoms with Crippen LogP contribution in [-0.2, 0) is 4.79 Å². The van der Waals surface area contributed by atoms with Crippen LogP contribution in [0.25, 0.3) is 0 Å². The van der Waals surface area contributed by atoms with E-state index < -0.39 is 28.9 Å². The molecular weight excluding hydrogens is 254 g/mol. The van der Waals surface area contributed by atoms with Crippen molar-refractivity contribution in [2.45, 2.75) is 12.3 Å². The lowest BCUT2D eigenvalue weighted by Gasteiger charge is -2.08. The normalized spacial score (nSPS) is 11.8. The molecule has 92 valence electrons. The number of hydrogen-bond acceptors (Lipinski definition) is 2. The number of benzene rings is 1. The molecule has 0 saturated carbocycles. The summed E-state index contributed by atoms with van der Waals surface area (Å²) in [7, 11) is 0. The Morgan fingerprint density at radius 3 is 2.59 bits per heavy atom. The molecule has 0 spiro atoms. The molecule has 3 amide bonds. The van der Waals surface area contributed by atoms with E-state index in [0.29, 0.717) is 0 Å². The molecule has 1 atom stereocenters. The first-order valence-electron chi connectivity index (χ1n) is 4.61. The third-order valence-electron chi connectivity index (χ3n) is 1.77. The number of hydrogen-bond donors (Lipinski definition) is 2. The molecule has 0 aliphatic heterocycles. The van der Waals surface area contributed by atoms with Crippen molar-refractivity contribution >= 4 is 29.2 Å². The molecule has 1 rings (SSSR count). The molecule has 0 aliphatic carbocycles. The predicted molar refractivity (Wildman–Crippen MR) is 58.8 cm³/mol. The highest BCUT2D eigenvalue weighted by Crippen LogP contribution is 2.14. The van der Waals surface area contributed by atoms with Crippen LogP contribution in [0.2, 0.25) is 0 Å². The molecule has 1 unspecified atom stereocenters. The van der Waals surface area contributed by atoms with Gasteiger partial charge in [0.15, 0.2) is 0 Å². The van der Waals surface area contributed by atoms with Crippen molar-refractivity contribution in [1.29, 1.82) is 0 Å². The second kappa shape index (κ2) is 5.58. The third-order valence-corrected chi connectivity index (χ3v) is 1.97. The quantitative estimate of drug-likeness (QED) is 0.803. The Hall–Kier alpha value is -1.69. The fraction of sp³-hybridized carbons (Fsp3) is 0.200. The third kappa shape index (κ3) is 3.99. The lowest BCUT2D eigenvalue weighted by Crippen LogP contribution is -2.38. The van der Waals surface area contributed by atoms with E-state index in [2.05, 4.69) is 0 Å². The largest absolute Gasteiger partial charge is 0.326 e. The van der Waals surface area contributed by atoms with Crippen molar-refractivity contribution in [2.24, 2.45) is 0 Å². The summed E-state index contributed by atoms with van der Waals surface area (Å²) in [6.45, 7) is 1.37. The monoisotopic (exact) mass is 262 g/mol. The molecule has 0 aromatic heterocycles. The second-order valence-corrected chi connectivity index (χ2v) is 3.84. The molecule has 7 heteroatoms. The van der Waals surface area contributed by atoms with Crippen LogP contribution in [0, 0.1) is 11.6 Å². The van der Waals surface area contributed by atoms with Crippen LogP contribution in [0.5, 0.6) is 0 Å². The standard InChI is InChI=1S/C10H9ClF2N2O2/c1-5(11)9(16)15-10(17)14-8-4-6(12)2-3-7(8)13/h2-5H,1H3,(H2,14,15,16,17). The SMILES string of the molecule is CC(Cl)C(=O)NC(=O)Nc1cc(F)ccc1F. The van der Waals surface area contributed by atoms with Crippen molar-refractivity contribution in [1.82, 2.24) is 5.32 Å². The maximum absolute atomic E-state index is 13.1. The van der Waals surface area contributed by atoms with Gasteiger partial charge in [-0.15, -0.1) is 11.6 Å². The van der Waals surface area contributed by atoms with Crippen LogP contribution in [0.15, 0.2) is 18.2 Å². The molecule has 4 nitrogen and oxygen atoms in total. The minimum atomic E-state index is -0.980. The van der Waals surface area contributed by atoms with E-state index in [9.17, 15) is 18.4 Å². The fourth-order valence-electron chi connectivity index (χ4n) is 0.958. The number of rotatable bonds is 2. The van der Waals surface area contributed by atoms with Gasteiger partial charge in [0.05, 0.1) is 5.69 Å².